The SMILES string of the molecule is C=CCN(CC=C)C(=O)NCC(Cc1ccccc1)N(C)C. The Balaban J connectivity index is 2.58. The first-order valence-electron chi connectivity index (χ1n) is 7.53. The highest BCUT2D eigenvalue weighted by Gasteiger charge is 2.16. The van der Waals surface area contributed by atoms with Gasteiger partial charge in [-0.15, -0.1) is 13.2 Å². The van der Waals surface area contributed by atoms with Crippen molar-refractivity contribution in [3.63, 3.8) is 0 Å². The lowest BCUT2D eigenvalue weighted by atomic mass is 10.1. The summed E-state index contributed by atoms with van der Waals surface area (Å²) in [5.74, 6) is 0. The average molecular weight is 301 g/mol. The predicted molar refractivity (Wildman–Crippen MR) is 93.0 cm³/mol. The van der Waals surface area contributed by atoms with Gasteiger partial charge in [-0.3, -0.25) is 0 Å². The van der Waals surface area contributed by atoms with Crippen molar-refractivity contribution in [3.8, 4) is 0 Å². The molecule has 0 aliphatic heterocycles. The summed E-state index contributed by atoms with van der Waals surface area (Å²) in [7, 11) is 4.07. The molecule has 0 saturated heterocycles. The lowest BCUT2D eigenvalue weighted by Gasteiger charge is -2.27. The van der Waals surface area contributed by atoms with Gasteiger partial charge >= 0.3 is 6.03 Å². The van der Waals surface area contributed by atoms with Crippen molar-refractivity contribution < 1.29 is 4.79 Å². The Hall–Kier alpha value is -2.07. The molecule has 2 amide bonds. The monoisotopic (exact) mass is 301 g/mol. The molecule has 0 aliphatic carbocycles. The van der Waals surface area contributed by atoms with Gasteiger partial charge < -0.3 is 15.1 Å². The number of amides is 2. The van der Waals surface area contributed by atoms with Gasteiger partial charge in [-0.1, -0.05) is 42.5 Å². The van der Waals surface area contributed by atoms with Gasteiger partial charge in [0.2, 0.25) is 0 Å². The third kappa shape index (κ3) is 6.14. The van der Waals surface area contributed by atoms with Gasteiger partial charge in [-0.25, -0.2) is 4.79 Å². The van der Waals surface area contributed by atoms with Crippen LogP contribution in [-0.4, -0.2) is 55.6 Å². The van der Waals surface area contributed by atoms with Crippen LogP contribution in [0.15, 0.2) is 55.6 Å². The first-order valence-corrected chi connectivity index (χ1v) is 7.53. The lowest BCUT2D eigenvalue weighted by Crippen LogP contribution is -2.46. The number of hydrogen-bond donors (Lipinski definition) is 1. The molecule has 1 aromatic rings. The minimum Gasteiger partial charge on any atom is -0.336 e. The summed E-state index contributed by atoms with van der Waals surface area (Å²) in [6, 6.07) is 10.5. The molecular formula is C18H27N3O. The average Bonchev–Trinajstić information content (AvgIpc) is 2.51. The third-order valence-corrected chi connectivity index (χ3v) is 3.52. The van der Waals surface area contributed by atoms with Crippen LogP contribution >= 0.6 is 0 Å². The number of nitrogens with zero attached hydrogens (tertiary/aromatic N) is 2. The number of likely N-dealkylation sites (N-methyl/N-ethyl adjacent to an activating group) is 1. The van der Waals surface area contributed by atoms with Crippen molar-refractivity contribution in [1.29, 1.82) is 0 Å². The van der Waals surface area contributed by atoms with Crippen LogP contribution in [0, 0.1) is 0 Å². The van der Waals surface area contributed by atoms with Crippen LogP contribution in [-0.2, 0) is 6.42 Å². The van der Waals surface area contributed by atoms with Crippen molar-refractivity contribution in [2.75, 3.05) is 33.7 Å². The molecule has 1 N–H and O–H groups in total. The largest absolute Gasteiger partial charge is 0.336 e. The second-order valence-electron chi connectivity index (χ2n) is 5.48. The fraction of sp³-hybridized carbons (Fsp3) is 0.389. The Morgan fingerprint density at radius 2 is 1.77 bits per heavy atom. The molecule has 120 valence electrons. The van der Waals surface area contributed by atoms with Crippen molar-refractivity contribution in [3.05, 3.63) is 61.2 Å². The summed E-state index contributed by atoms with van der Waals surface area (Å²) >= 11 is 0. The van der Waals surface area contributed by atoms with Crippen LogP contribution in [0.5, 0.6) is 0 Å². The van der Waals surface area contributed by atoms with E-state index >= 15 is 0 Å². The van der Waals surface area contributed by atoms with E-state index in [2.05, 4.69) is 35.5 Å². The van der Waals surface area contributed by atoms with E-state index in [4.69, 9.17) is 0 Å². The van der Waals surface area contributed by atoms with Crippen LogP contribution in [0.2, 0.25) is 0 Å². The molecule has 1 rings (SSSR count). The maximum atomic E-state index is 12.2. The van der Waals surface area contributed by atoms with Gasteiger partial charge in [-0.2, -0.15) is 0 Å². The van der Waals surface area contributed by atoms with Gasteiger partial charge in [0.1, 0.15) is 0 Å². The zero-order valence-corrected chi connectivity index (χ0v) is 13.7. The molecule has 22 heavy (non-hydrogen) atoms. The Kier molecular flexibility index (Phi) is 8.00. The summed E-state index contributed by atoms with van der Waals surface area (Å²) in [6.45, 7) is 9.00. The summed E-state index contributed by atoms with van der Waals surface area (Å²) in [6.07, 6.45) is 4.34. The van der Waals surface area contributed by atoms with Gasteiger partial charge in [0.05, 0.1) is 0 Å². The number of carbonyl (C=O) groups excluding carboxylic acids is 1. The second-order valence-corrected chi connectivity index (χ2v) is 5.48. The zero-order valence-electron chi connectivity index (χ0n) is 13.7. The molecule has 0 aliphatic rings. The molecule has 4 heteroatoms. The standard InChI is InChI=1S/C18H27N3O/c1-5-12-21(13-6-2)18(22)19-15-17(20(3)4)14-16-10-8-7-9-11-16/h5-11,17H,1-2,12-15H2,3-4H3,(H,19,22). The lowest BCUT2D eigenvalue weighted by molar-refractivity contribution is 0.201. The molecule has 0 fully saturated rings. The summed E-state index contributed by atoms with van der Waals surface area (Å²) in [5.41, 5.74) is 1.27. The summed E-state index contributed by atoms with van der Waals surface area (Å²) < 4.78 is 0. The number of rotatable bonds is 9. The molecule has 0 heterocycles. The molecule has 0 aromatic heterocycles. The van der Waals surface area contributed by atoms with Crippen LogP contribution in [0.25, 0.3) is 0 Å². The second kappa shape index (κ2) is 9.79. The number of carbonyl (C=O) groups is 1. The van der Waals surface area contributed by atoms with Crippen molar-refractivity contribution >= 4 is 6.03 Å². The first kappa shape index (κ1) is 18.0. The maximum absolute atomic E-state index is 12.2. The normalized spacial score (nSPS) is 11.8. The molecule has 1 atom stereocenters. The molecule has 1 unspecified atom stereocenters. The zero-order chi connectivity index (χ0) is 16.4. The Labute approximate surface area is 134 Å². The number of nitrogens with one attached hydrogen (secondary N) is 1. The van der Waals surface area contributed by atoms with Gasteiger partial charge in [-0.05, 0) is 26.1 Å². The van der Waals surface area contributed by atoms with E-state index in [9.17, 15) is 4.79 Å². The van der Waals surface area contributed by atoms with Crippen LogP contribution in [0.1, 0.15) is 5.56 Å². The topological polar surface area (TPSA) is 35.6 Å². The highest BCUT2D eigenvalue weighted by molar-refractivity contribution is 5.74. The first-order chi connectivity index (χ1) is 10.6. The Bertz CT molecular complexity index is 460. The molecule has 4 nitrogen and oxygen atoms in total. The van der Waals surface area contributed by atoms with Crippen LogP contribution in [0.4, 0.5) is 4.79 Å². The van der Waals surface area contributed by atoms with E-state index in [-0.39, 0.29) is 12.1 Å². The van der Waals surface area contributed by atoms with Crippen molar-refractivity contribution in [1.82, 2.24) is 15.1 Å². The highest BCUT2D eigenvalue weighted by atomic mass is 16.2. The van der Waals surface area contributed by atoms with E-state index in [0.29, 0.717) is 19.6 Å². The molecular weight excluding hydrogens is 274 g/mol. The molecule has 0 bridgehead atoms. The molecule has 1 aromatic carbocycles. The van der Waals surface area contributed by atoms with E-state index in [1.807, 2.05) is 32.3 Å². The number of benzene rings is 1. The minimum atomic E-state index is -0.0836. The van der Waals surface area contributed by atoms with Gasteiger partial charge in [0, 0.05) is 25.7 Å². The van der Waals surface area contributed by atoms with Gasteiger partial charge in [0.15, 0.2) is 0 Å². The number of urea groups is 1. The summed E-state index contributed by atoms with van der Waals surface area (Å²) in [5, 5.41) is 3.00. The van der Waals surface area contributed by atoms with Gasteiger partial charge in [0.25, 0.3) is 0 Å². The van der Waals surface area contributed by atoms with E-state index in [1.54, 1.807) is 17.1 Å². The Morgan fingerprint density at radius 1 is 1.18 bits per heavy atom. The summed E-state index contributed by atoms with van der Waals surface area (Å²) in [4.78, 5) is 16.0. The van der Waals surface area contributed by atoms with Crippen LogP contribution in [0.3, 0.4) is 0 Å². The van der Waals surface area contributed by atoms with Crippen molar-refractivity contribution in [2.45, 2.75) is 12.5 Å². The minimum absolute atomic E-state index is 0.0836. The van der Waals surface area contributed by atoms with Crippen molar-refractivity contribution in [2.24, 2.45) is 0 Å². The number of hydrogen-bond acceptors (Lipinski definition) is 2. The van der Waals surface area contributed by atoms with E-state index < -0.39 is 0 Å². The predicted octanol–water partition coefficient (Wildman–Crippen LogP) is 2.54. The fourth-order valence-electron chi connectivity index (χ4n) is 2.19. The maximum Gasteiger partial charge on any atom is 0.318 e. The Morgan fingerprint density at radius 3 is 2.27 bits per heavy atom. The molecule has 0 spiro atoms. The third-order valence-electron chi connectivity index (χ3n) is 3.52. The molecule has 0 saturated carbocycles. The quantitative estimate of drug-likeness (QED) is 0.712. The smallest absolute Gasteiger partial charge is 0.318 e. The highest BCUT2D eigenvalue weighted by Crippen LogP contribution is 2.06. The van der Waals surface area contributed by atoms with Crippen LogP contribution < -0.4 is 5.32 Å². The van der Waals surface area contributed by atoms with E-state index in [0.717, 1.165) is 6.42 Å². The van der Waals surface area contributed by atoms with E-state index in [1.165, 1.54) is 5.56 Å². The fourth-order valence-corrected chi connectivity index (χ4v) is 2.19. The molecule has 0 radical (unpaired) electrons.